The molecule has 2 saturated carbocycles. The minimum atomic E-state index is -0.300. The van der Waals surface area contributed by atoms with Gasteiger partial charge in [0, 0.05) is 11.3 Å². The number of rotatable bonds is 2. The molecule has 0 spiro atoms. The van der Waals surface area contributed by atoms with Crippen molar-refractivity contribution in [2.45, 2.75) is 19.3 Å². The van der Waals surface area contributed by atoms with Crippen LogP contribution in [0.15, 0.2) is 28.7 Å². The molecule has 2 fully saturated rings. The van der Waals surface area contributed by atoms with Crippen molar-refractivity contribution in [3.8, 4) is 0 Å². The summed E-state index contributed by atoms with van der Waals surface area (Å²) in [6, 6.07) is 6.01. The van der Waals surface area contributed by atoms with E-state index in [0.29, 0.717) is 28.6 Å². The highest BCUT2D eigenvalue weighted by Crippen LogP contribution is 2.58. The predicted octanol–water partition coefficient (Wildman–Crippen LogP) is 3.80. The Kier molecular flexibility index (Phi) is 1.97. The van der Waals surface area contributed by atoms with E-state index in [1.165, 1.54) is 31.4 Å². The molecule has 1 heterocycles. The Labute approximate surface area is 104 Å². The molecule has 1 aromatic carbocycles. The SMILES string of the molecule is O=C(c1cc2cc(F)ccc2o1)C1C2CCCC21. The van der Waals surface area contributed by atoms with Gasteiger partial charge in [0.1, 0.15) is 11.4 Å². The molecule has 92 valence electrons. The van der Waals surface area contributed by atoms with Crippen molar-refractivity contribution in [1.29, 1.82) is 0 Å². The van der Waals surface area contributed by atoms with Gasteiger partial charge in [-0.25, -0.2) is 4.39 Å². The summed E-state index contributed by atoms with van der Waals surface area (Å²) in [6.45, 7) is 0. The third-order valence-electron chi connectivity index (χ3n) is 4.43. The van der Waals surface area contributed by atoms with E-state index in [1.807, 2.05) is 0 Å². The molecule has 0 N–H and O–H groups in total. The zero-order valence-electron chi connectivity index (χ0n) is 9.86. The van der Waals surface area contributed by atoms with Crippen molar-refractivity contribution < 1.29 is 13.6 Å². The average molecular weight is 244 g/mol. The molecule has 4 rings (SSSR count). The highest BCUT2D eigenvalue weighted by Gasteiger charge is 2.57. The first-order valence-corrected chi connectivity index (χ1v) is 6.47. The molecule has 0 amide bonds. The van der Waals surface area contributed by atoms with Gasteiger partial charge in [0.25, 0.3) is 0 Å². The molecular formula is C15H13FO2. The van der Waals surface area contributed by atoms with E-state index < -0.39 is 0 Å². The largest absolute Gasteiger partial charge is 0.453 e. The second-order valence-corrected chi connectivity index (χ2v) is 5.44. The van der Waals surface area contributed by atoms with Crippen LogP contribution in [-0.4, -0.2) is 5.78 Å². The normalized spacial score (nSPS) is 29.5. The van der Waals surface area contributed by atoms with Crippen molar-refractivity contribution in [3.05, 3.63) is 35.8 Å². The second-order valence-electron chi connectivity index (χ2n) is 5.44. The van der Waals surface area contributed by atoms with E-state index >= 15 is 0 Å². The molecule has 3 heteroatoms. The number of carbonyl (C=O) groups is 1. The number of benzene rings is 1. The highest BCUT2D eigenvalue weighted by atomic mass is 19.1. The number of halogens is 1. The number of hydrogen-bond donors (Lipinski definition) is 0. The van der Waals surface area contributed by atoms with Gasteiger partial charge in [0.2, 0.25) is 5.78 Å². The minimum Gasteiger partial charge on any atom is -0.453 e. The Balaban J connectivity index is 1.68. The van der Waals surface area contributed by atoms with E-state index in [0.717, 1.165) is 0 Å². The van der Waals surface area contributed by atoms with Gasteiger partial charge >= 0.3 is 0 Å². The summed E-state index contributed by atoms with van der Waals surface area (Å²) in [6.07, 6.45) is 3.61. The van der Waals surface area contributed by atoms with E-state index in [1.54, 1.807) is 12.1 Å². The molecule has 0 aliphatic heterocycles. The number of furan rings is 1. The van der Waals surface area contributed by atoms with Crippen LogP contribution in [0.5, 0.6) is 0 Å². The van der Waals surface area contributed by atoms with Crippen LogP contribution in [0.1, 0.15) is 29.8 Å². The van der Waals surface area contributed by atoms with Crippen molar-refractivity contribution >= 4 is 16.8 Å². The first kappa shape index (κ1) is 10.3. The zero-order chi connectivity index (χ0) is 12.3. The van der Waals surface area contributed by atoms with E-state index in [4.69, 9.17) is 4.42 Å². The monoisotopic (exact) mass is 244 g/mol. The molecule has 0 radical (unpaired) electrons. The van der Waals surface area contributed by atoms with E-state index in [2.05, 4.69) is 0 Å². The Morgan fingerprint density at radius 1 is 1.22 bits per heavy atom. The Hall–Kier alpha value is -1.64. The maximum atomic E-state index is 13.1. The van der Waals surface area contributed by atoms with Crippen LogP contribution in [0.2, 0.25) is 0 Å². The Bertz CT molecular complexity index is 633. The molecule has 2 unspecified atom stereocenters. The van der Waals surface area contributed by atoms with Crippen LogP contribution >= 0.6 is 0 Å². The topological polar surface area (TPSA) is 30.2 Å². The van der Waals surface area contributed by atoms with Crippen LogP contribution in [0, 0.1) is 23.6 Å². The summed E-state index contributed by atoms with van der Waals surface area (Å²) in [5.74, 6) is 1.55. The summed E-state index contributed by atoms with van der Waals surface area (Å²) in [5.41, 5.74) is 0.588. The Morgan fingerprint density at radius 3 is 2.78 bits per heavy atom. The predicted molar refractivity (Wildman–Crippen MR) is 64.8 cm³/mol. The smallest absolute Gasteiger partial charge is 0.201 e. The first-order chi connectivity index (χ1) is 8.74. The summed E-state index contributed by atoms with van der Waals surface area (Å²) < 4.78 is 18.6. The van der Waals surface area contributed by atoms with Crippen LogP contribution < -0.4 is 0 Å². The molecule has 0 bridgehead atoms. The molecule has 2 atom stereocenters. The fourth-order valence-electron chi connectivity index (χ4n) is 3.51. The van der Waals surface area contributed by atoms with Crippen molar-refractivity contribution in [2.24, 2.45) is 17.8 Å². The van der Waals surface area contributed by atoms with Gasteiger partial charge in [-0.05, 0) is 48.9 Å². The lowest BCUT2D eigenvalue weighted by Crippen LogP contribution is -2.04. The van der Waals surface area contributed by atoms with Gasteiger partial charge < -0.3 is 4.42 Å². The molecule has 2 nitrogen and oxygen atoms in total. The molecule has 2 aliphatic carbocycles. The fraction of sp³-hybridized carbons (Fsp3) is 0.400. The van der Waals surface area contributed by atoms with Crippen LogP contribution in [-0.2, 0) is 0 Å². The van der Waals surface area contributed by atoms with Crippen molar-refractivity contribution in [3.63, 3.8) is 0 Å². The van der Waals surface area contributed by atoms with Gasteiger partial charge in [-0.15, -0.1) is 0 Å². The summed E-state index contributed by atoms with van der Waals surface area (Å²) in [7, 11) is 0. The lowest BCUT2D eigenvalue weighted by molar-refractivity contribution is 0.0926. The first-order valence-electron chi connectivity index (χ1n) is 6.47. The Morgan fingerprint density at radius 2 is 2.00 bits per heavy atom. The van der Waals surface area contributed by atoms with Crippen molar-refractivity contribution in [2.75, 3.05) is 0 Å². The van der Waals surface area contributed by atoms with Gasteiger partial charge in [-0.1, -0.05) is 6.42 Å². The summed E-state index contributed by atoms with van der Waals surface area (Å²) >= 11 is 0. The molecule has 1 aromatic heterocycles. The minimum absolute atomic E-state index is 0.112. The molecule has 2 aliphatic rings. The molecule has 2 aromatic rings. The second kappa shape index (κ2) is 3.44. The summed E-state index contributed by atoms with van der Waals surface area (Å²) in [4.78, 5) is 12.3. The molecular weight excluding hydrogens is 231 g/mol. The fourth-order valence-corrected chi connectivity index (χ4v) is 3.51. The summed E-state index contributed by atoms with van der Waals surface area (Å²) in [5, 5.41) is 0.671. The number of hydrogen-bond acceptors (Lipinski definition) is 2. The van der Waals surface area contributed by atoms with Crippen LogP contribution in [0.25, 0.3) is 11.0 Å². The van der Waals surface area contributed by atoms with Crippen LogP contribution in [0.4, 0.5) is 4.39 Å². The van der Waals surface area contributed by atoms with E-state index in [9.17, 15) is 9.18 Å². The standard InChI is InChI=1S/C15H13FO2/c16-9-4-5-12-8(6-9)7-13(18-12)15(17)14-10-2-1-3-11(10)14/h4-7,10-11,14H,1-3H2. The van der Waals surface area contributed by atoms with Crippen LogP contribution in [0.3, 0.4) is 0 Å². The highest BCUT2D eigenvalue weighted by molar-refractivity contribution is 6.01. The lowest BCUT2D eigenvalue weighted by Gasteiger charge is -1.98. The maximum Gasteiger partial charge on any atom is 0.201 e. The quantitative estimate of drug-likeness (QED) is 0.752. The third-order valence-corrected chi connectivity index (χ3v) is 4.43. The zero-order valence-corrected chi connectivity index (χ0v) is 9.86. The number of carbonyl (C=O) groups excluding carboxylic acids is 1. The van der Waals surface area contributed by atoms with Gasteiger partial charge in [-0.3, -0.25) is 4.79 Å². The number of ketones is 1. The average Bonchev–Trinajstić information content (AvgIpc) is 2.77. The molecule has 18 heavy (non-hydrogen) atoms. The number of fused-ring (bicyclic) bond motifs is 2. The maximum absolute atomic E-state index is 13.1. The molecule has 0 saturated heterocycles. The van der Waals surface area contributed by atoms with Gasteiger partial charge in [0.05, 0.1) is 0 Å². The van der Waals surface area contributed by atoms with Gasteiger partial charge in [0.15, 0.2) is 5.76 Å². The van der Waals surface area contributed by atoms with Crippen molar-refractivity contribution in [1.82, 2.24) is 0 Å². The lowest BCUT2D eigenvalue weighted by atomic mass is 10.1. The third kappa shape index (κ3) is 1.36. The number of Topliss-reactive ketones (excluding diaryl/α,β-unsaturated/α-hetero) is 1. The van der Waals surface area contributed by atoms with E-state index in [-0.39, 0.29) is 17.5 Å². The van der Waals surface area contributed by atoms with Gasteiger partial charge in [-0.2, -0.15) is 0 Å².